The highest BCUT2D eigenvalue weighted by atomic mass is 32.1. The quantitative estimate of drug-likeness (QED) is 0.692. The minimum atomic E-state index is -1.13. The molecule has 0 aliphatic rings. The van der Waals surface area contributed by atoms with Crippen molar-refractivity contribution in [3.63, 3.8) is 0 Å². The molecule has 3 aromatic rings. The molecule has 0 radical (unpaired) electrons. The number of ether oxygens (including phenoxy) is 1. The van der Waals surface area contributed by atoms with Crippen LogP contribution in [0.15, 0.2) is 48.7 Å². The molecule has 9 heteroatoms. The van der Waals surface area contributed by atoms with E-state index in [-0.39, 0.29) is 16.6 Å². The van der Waals surface area contributed by atoms with Crippen LogP contribution < -0.4 is 15.0 Å². The Bertz CT molecular complexity index is 949. The van der Waals surface area contributed by atoms with E-state index in [0.717, 1.165) is 22.3 Å². The van der Waals surface area contributed by atoms with Crippen molar-refractivity contribution in [3.05, 3.63) is 66.1 Å². The Morgan fingerprint density at radius 3 is 2.73 bits per heavy atom. The molecule has 134 valence electrons. The smallest absolute Gasteiger partial charge is 0.327 e. The fraction of sp³-hybridized carbons (Fsp3) is 0.0588. The Kier molecular flexibility index (Phi) is 5.08. The van der Waals surface area contributed by atoms with Gasteiger partial charge in [-0.1, -0.05) is 23.5 Å². The predicted octanol–water partition coefficient (Wildman–Crippen LogP) is 5.02. The van der Waals surface area contributed by atoms with Crippen LogP contribution in [0.1, 0.15) is 0 Å². The normalized spacial score (nSPS) is 10.5. The van der Waals surface area contributed by atoms with Gasteiger partial charge in [0.1, 0.15) is 11.6 Å². The van der Waals surface area contributed by atoms with Gasteiger partial charge in [0, 0.05) is 13.1 Å². The number of anilines is 2. The summed E-state index contributed by atoms with van der Waals surface area (Å²) in [6.07, 6.45) is 1.36. The highest BCUT2D eigenvalue weighted by molar-refractivity contribution is 7.17. The number of amides is 2. The second kappa shape index (κ2) is 7.44. The van der Waals surface area contributed by atoms with E-state index in [9.17, 15) is 18.0 Å². The predicted molar refractivity (Wildman–Crippen MR) is 92.4 cm³/mol. The summed E-state index contributed by atoms with van der Waals surface area (Å²) >= 11 is 1.000. The molecule has 1 aromatic heterocycles. The van der Waals surface area contributed by atoms with Crippen LogP contribution in [0.5, 0.6) is 10.8 Å². The minimum Gasteiger partial charge on any atom is -0.445 e. The Labute approximate surface area is 150 Å². The standard InChI is InChI=1S/C17H12F3N3O2S/c1-23(13-7-3-6-12(19)15(13)20)17(24)22-16-21-9-14(26-16)25-11-5-2-4-10(18)8-11/h2-9H,1H3,(H,21,22,24). The lowest BCUT2D eigenvalue weighted by Gasteiger charge is -2.17. The summed E-state index contributed by atoms with van der Waals surface area (Å²) in [7, 11) is 1.30. The number of benzene rings is 2. The molecule has 0 unspecified atom stereocenters. The number of hydrogen-bond acceptors (Lipinski definition) is 4. The van der Waals surface area contributed by atoms with E-state index in [1.807, 2.05) is 0 Å². The average molecular weight is 379 g/mol. The summed E-state index contributed by atoms with van der Waals surface area (Å²) < 4.78 is 45.6. The molecule has 0 aliphatic heterocycles. The van der Waals surface area contributed by atoms with Crippen LogP contribution in [0, 0.1) is 17.5 Å². The molecule has 0 saturated heterocycles. The second-order valence-corrected chi connectivity index (χ2v) is 6.10. The van der Waals surface area contributed by atoms with Crippen LogP contribution in [0.2, 0.25) is 0 Å². The zero-order valence-corrected chi connectivity index (χ0v) is 14.2. The largest absolute Gasteiger partial charge is 0.445 e. The van der Waals surface area contributed by atoms with Crippen molar-refractivity contribution in [2.45, 2.75) is 0 Å². The minimum absolute atomic E-state index is 0.185. The molecule has 0 bridgehead atoms. The maximum absolute atomic E-state index is 13.8. The van der Waals surface area contributed by atoms with Gasteiger partial charge in [-0.15, -0.1) is 0 Å². The summed E-state index contributed by atoms with van der Waals surface area (Å²) in [6.45, 7) is 0. The van der Waals surface area contributed by atoms with Crippen LogP contribution in [0.25, 0.3) is 0 Å². The molecule has 0 aliphatic carbocycles. The Hall–Kier alpha value is -3.07. The first kappa shape index (κ1) is 17.7. The van der Waals surface area contributed by atoms with Crippen molar-refractivity contribution < 1.29 is 22.7 Å². The van der Waals surface area contributed by atoms with Gasteiger partial charge in [0.05, 0.1) is 11.9 Å². The maximum Gasteiger partial charge on any atom is 0.327 e. The molecule has 0 atom stereocenters. The van der Waals surface area contributed by atoms with E-state index in [4.69, 9.17) is 4.74 Å². The molecule has 2 amide bonds. The first-order valence-electron chi connectivity index (χ1n) is 7.32. The van der Waals surface area contributed by atoms with E-state index < -0.39 is 23.5 Å². The number of carbonyl (C=O) groups excluding carboxylic acids is 1. The van der Waals surface area contributed by atoms with Gasteiger partial charge in [-0.2, -0.15) is 0 Å². The van der Waals surface area contributed by atoms with E-state index in [0.29, 0.717) is 5.06 Å². The first-order chi connectivity index (χ1) is 12.4. The molecule has 0 spiro atoms. The average Bonchev–Trinajstić information content (AvgIpc) is 3.03. The Morgan fingerprint density at radius 1 is 1.19 bits per heavy atom. The van der Waals surface area contributed by atoms with Gasteiger partial charge in [-0.3, -0.25) is 10.2 Å². The number of nitrogens with one attached hydrogen (secondary N) is 1. The summed E-state index contributed by atoms with van der Waals surface area (Å²) in [6, 6.07) is 8.39. The SMILES string of the molecule is CN(C(=O)Nc1ncc(Oc2cccc(F)c2)s1)c1cccc(F)c1F. The van der Waals surface area contributed by atoms with Gasteiger partial charge in [0.15, 0.2) is 16.8 Å². The number of halogens is 3. The van der Waals surface area contributed by atoms with Gasteiger partial charge < -0.3 is 4.74 Å². The Morgan fingerprint density at radius 2 is 1.96 bits per heavy atom. The van der Waals surface area contributed by atoms with Crippen molar-refractivity contribution >= 4 is 28.2 Å². The molecule has 0 saturated carbocycles. The van der Waals surface area contributed by atoms with Gasteiger partial charge >= 0.3 is 6.03 Å². The summed E-state index contributed by atoms with van der Waals surface area (Å²) in [5, 5.41) is 2.97. The molecule has 1 N–H and O–H groups in total. The van der Waals surface area contributed by atoms with E-state index >= 15 is 0 Å². The Balaban J connectivity index is 1.68. The highest BCUT2D eigenvalue weighted by Crippen LogP contribution is 2.31. The lowest BCUT2D eigenvalue weighted by atomic mass is 10.3. The lowest BCUT2D eigenvalue weighted by Crippen LogP contribution is -2.31. The topological polar surface area (TPSA) is 54.5 Å². The zero-order chi connectivity index (χ0) is 18.7. The van der Waals surface area contributed by atoms with Gasteiger partial charge in [0.2, 0.25) is 5.06 Å². The number of rotatable bonds is 4. The third-order valence-electron chi connectivity index (χ3n) is 3.31. The number of hydrogen-bond donors (Lipinski definition) is 1. The van der Waals surface area contributed by atoms with Crippen molar-refractivity contribution in [1.82, 2.24) is 4.98 Å². The number of thiazole rings is 1. The van der Waals surface area contributed by atoms with Gasteiger partial charge in [0.25, 0.3) is 0 Å². The third kappa shape index (κ3) is 3.94. The number of urea groups is 1. The van der Waals surface area contributed by atoms with Crippen LogP contribution in [0.4, 0.5) is 28.8 Å². The molecular weight excluding hydrogens is 367 g/mol. The van der Waals surface area contributed by atoms with E-state index in [1.165, 1.54) is 43.6 Å². The molecule has 3 rings (SSSR count). The fourth-order valence-corrected chi connectivity index (χ4v) is 2.72. The fourth-order valence-electron chi connectivity index (χ4n) is 2.05. The molecule has 0 fully saturated rings. The summed E-state index contributed by atoms with van der Waals surface area (Å²) in [5.74, 6) is -2.34. The van der Waals surface area contributed by atoms with Crippen molar-refractivity contribution in [3.8, 4) is 10.8 Å². The van der Waals surface area contributed by atoms with Crippen molar-refractivity contribution in [1.29, 1.82) is 0 Å². The van der Waals surface area contributed by atoms with Gasteiger partial charge in [-0.25, -0.2) is 22.9 Å². The monoisotopic (exact) mass is 379 g/mol. The summed E-state index contributed by atoms with van der Waals surface area (Å²) in [5.41, 5.74) is -0.213. The number of carbonyl (C=O) groups is 1. The van der Waals surface area contributed by atoms with Crippen molar-refractivity contribution in [2.24, 2.45) is 0 Å². The van der Waals surface area contributed by atoms with E-state index in [2.05, 4.69) is 10.3 Å². The number of nitrogens with zero attached hydrogens (tertiary/aromatic N) is 2. The first-order valence-corrected chi connectivity index (χ1v) is 8.13. The molecule has 2 aromatic carbocycles. The van der Waals surface area contributed by atoms with Crippen LogP contribution in [-0.4, -0.2) is 18.1 Å². The van der Waals surface area contributed by atoms with E-state index in [1.54, 1.807) is 6.07 Å². The van der Waals surface area contributed by atoms with Crippen LogP contribution in [-0.2, 0) is 0 Å². The third-order valence-corrected chi connectivity index (χ3v) is 4.10. The molecule has 1 heterocycles. The van der Waals surface area contributed by atoms with Gasteiger partial charge in [-0.05, 0) is 24.3 Å². The van der Waals surface area contributed by atoms with Crippen LogP contribution >= 0.6 is 11.3 Å². The molecule has 26 heavy (non-hydrogen) atoms. The zero-order valence-electron chi connectivity index (χ0n) is 13.4. The molecule has 5 nitrogen and oxygen atoms in total. The maximum atomic E-state index is 13.8. The van der Waals surface area contributed by atoms with Crippen molar-refractivity contribution in [2.75, 3.05) is 17.3 Å². The lowest BCUT2D eigenvalue weighted by molar-refractivity contribution is 0.258. The number of aromatic nitrogens is 1. The van der Waals surface area contributed by atoms with Crippen LogP contribution in [0.3, 0.4) is 0 Å². The summed E-state index contributed by atoms with van der Waals surface area (Å²) in [4.78, 5) is 17.1. The molecular formula is C17H12F3N3O2S. The highest BCUT2D eigenvalue weighted by Gasteiger charge is 2.18. The second-order valence-electron chi connectivity index (χ2n) is 5.11.